The predicted molar refractivity (Wildman–Crippen MR) is 200 cm³/mol. The summed E-state index contributed by atoms with van der Waals surface area (Å²) in [6, 6.07) is 50.6. The van der Waals surface area contributed by atoms with Crippen molar-refractivity contribution in [3.05, 3.63) is 138 Å². The largest absolute Gasteiger partial charge is 0.456 e. The molecular formula is C42H32ClNOSi. The van der Waals surface area contributed by atoms with Crippen molar-refractivity contribution >= 4 is 90.6 Å². The highest BCUT2D eigenvalue weighted by molar-refractivity contribution is 7.05. The van der Waals surface area contributed by atoms with Crippen molar-refractivity contribution in [1.29, 1.82) is 0 Å². The summed E-state index contributed by atoms with van der Waals surface area (Å²) in [4.78, 5) is 2.38. The quantitative estimate of drug-likeness (QED) is 0.139. The van der Waals surface area contributed by atoms with Gasteiger partial charge < -0.3 is 9.32 Å². The highest BCUT2D eigenvalue weighted by Crippen LogP contribution is 2.45. The van der Waals surface area contributed by atoms with Crippen LogP contribution in [0.3, 0.4) is 0 Å². The summed E-state index contributed by atoms with van der Waals surface area (Å²) in [5, 5.41) is 11.0. The first-order valence-electron chi connectivity index (χ1n) is 16.2. The van der Waals surface area contributed by atoms with Gasteiger partial charge in [-0.2, -0.15) is 0 Å². The van der Waals surface area contributed by atoms with Gasteiger partial charge in [-0.25, -0.2) is 0 Å². The van der Waals surface area contributed by atoms with Gasteiger partial charge in [-0.05, 0) is 104 Å². The Balaban J connectivity index is 1.32. The Morgan fingerprint density at radius 1 is 0.543 bits per heavy atom. The number of rotatable bonds is 5. The van der Waals surface area contributed by atoms with Gasteiger partial charge in [0.05, 0.1) is 0 Å². The van der Waals surface area contributed by atoms with Gasteiger partial charge in [0, 0.05) is 38.2 Å². The number of benzene rings is 7. The van der Waals surface area contributed by atoms with E-state index in [2.05, 4.69) is 140 Å². The topological polar surface area (TPSA) is 16.4 Å². The zero-order chi connectivity index (χ0) is 31.0. The van der Waals surface area contributed by atoms with Crippen LogP contribution in [0.25, 0.3) is 54.6 Å². The molecule has 0 fully saturated rings. The summed E-state index contributed by atoms with van der Waals surface area (Å²) in [5.74, 6) is 0. The standard InChI is InChI=1S/C42H32ClNOSi/c1-3-46(4-2)40-21-19-31(25-36(40)42-35-23-28-13-9-8-12-27(28)22-33(35)37(43)26-41(42)46)44(29-14-6-5-7-15-29)30-18-20-39-34(24-30)32-16-10-11-17-38(32)45-39/h5-26H,3-4H2,1-2H3. The van der Waals surface area contributed by atoms with E-state index in [0.717, 1.165) is 61.5 Å². The van der Waals surface area contributed by atoms with Crippen LogP contribution in [0.4, 0.5) is 17.1 Å². The highest BCUT2D eigenvalue weighted by Gasteiger charge is 2.44. The Bertz CT molecular complexity index is 2480. The second kappa shape index (κ2) is 10.3. The summed E-state index contributed by atoms with van der Waals surface area (Å²) in [6.45, 7) is 4.75. The molecule has 0 amide bonds. The molecule has 0 unspecified atom stereocenters. The molecule has 46 heavy (non-hydrogen) atoms. The van der Waals surface area contributed by atoms with Crippen molar-refractivity contribution < 1.29 is 4.42 Å². The van der Waals surface area contributed by atoms with Crippen molar-refractivity contribution in [3.8, 4) is 11.1 Å². The molecule has 8 aromatic rings. The van der Waals surface area contributed by atoms with E-state index in [0.29, 0.717) is 0 Å². The molecule has 0 radical (unpaired) electrons. The number of para-hydroxylation sites is 2. The summed E-state index contributed by atoms with van der Waals surface area (Å²) in [7, 11) is -2.03. The van der Waals surface area contributed by atoms with E-state index < -0.39 is 8.07 Å². The maximum absolute atomic E-state index is 7.15. The molecule has 0 saturated heterocycles. The van der Waals surface area contributed by atoms with Crippen molar-refractivity contribution in [2.75, 3.05) is 4.90 Å². The lowest BCUT2D eigenvalue weighted by atomic mass is 9.95. The van der Waals surface area contributed by atoms with Crippen LogP contribution in [0.2, 0.25) is 17.1 Å². The van der Waals surface area contributed by atoms with Crippen LogP contribution in [0.1, 0.15) is 13.8 Å². The van der Waals surface area contributed by atoms with Gasteiger partial charge in [-0.15, -0.1) is 0 Å². The molecule has 0 N–H and O–H groups in total. The lowest BCUT2D eigenvalue weighted by Crippen LogP contribution is -2.54. The Kier molecular flexibility index (Phi) is 6.18. The summed E-state index contributed by atoms with van der Waals surface area (Å²) in [5.41, 5.74) is 7.91. The van der Waals surface area contributed by atoms with Gasteiger partial charge in [-0.1, -0.05) is 104 Å². The molecule has 0 saturated carbocycles. The third-order valence-corrected chi connectivity index (χ3v) is 16.0. The number of furan rings is 1. The summed E-state index contributed by atoms with van der Waals surface area (Å²) >= 11 is 7.15. The molecule has 1 aliphatic rings. The number of halogens is 1. The van der Waals surface area contributed by atoms with Gasteiger partial charge in [0.15, 0.2) is 0 Å². The molecule has 4 heteroatoms. The van der Waals surface area contributed by atoms with Crippen LogP contribution in [-0.2, 0) is 0 Å². The first kappa shape index (κ1) is 27.5. The van der Waals surface area contributed by atoms with E-state index in [4.69, 9.17) is 16.0 Å². The van der Waals surface area contributed by atoms with Crippen molar-refractivity contribution in [1.82, 2.24) is 0 Å². The fourth-order valence-electron chi connectivity index (χ4n) is 8.06. The van der Waals surface area contributed by atoms with E-state index in [-0.39, 0.29) is 0 Å². The van der Waals surface area contributed by atoms with E-state index in [1.54, 1.807) is 0 Å². The minimum absolute atomic E-state index is 0.859. The third kappa shape index (κ3) is 3.89. The average molecular weight is 630 g/mol. The van der Waals surface area contributed by atoms with Crippen LogP contribution in [0.5, 0.6) is 0 Å². The van der Waals surface area contributed by atoms with E-state index in [1.165, 1.54) is 37.7 Å². The number of anilines is 3. The summed E-state index contributed by atoms with van der Waals surface area (Å²) in [6.07, 6.45) is 0. The maximum atomic E-state index is 7.15. The van der Waals surface area contributed by atoms with E-state index in [1.807, 2.05) is 12.1 Å². The van der Waals surface area contributed by atoms with Crippen molar-refractivity contribution in [3.63, 3.8) is 0 Å². The zero-order valence-electron chi connectivity index (χ0n) is 25.8. The minimum Gasteiger partial charge on any atom is -0.456 e. The first-order valence-corrected chi connectivity index (χ1v) is 19.0. The molecule has 2 nitrogen and oxygen atoms in total. The normalized spacial score (nSPS) is 13.5. The Morgan fingerprint density at radius 3 is 1.98 bits per heavy atom. The molecule has 2 heterocycles. The van der Waals surface area contributed by atoms with Crippen LogP contribution in [-0.4, -0.2) is 8.07 Å². The van der Waals surface area contributed by atoms with Gasteiger partial charge >= 0.3 is 0 Å². The van der Waals surface area contributed by atoms with Crippen molar-refractivity contribution in [2.45, 2.75) is 25.9 Å². The average Bonchev–Trinajstić information content (AvgIpc) is 3.61. The molecule has 0 bridgehead atoms. The zero-order valence-corrected chi connectivity index (χ0v) is 27.6. The number of fused-ring (bicyclic) bond motifs is 9. The lowest BCUT2D eigenvalue weighted by molar-refractivity contribution is 0.669. The molecule has 1 aromatic heterocycles. The first-order chi connectivity index (χ1) is 22.6. The molecule has 9 rings (SSSR count). The number of nitrogens with zero attached hydrogens (tertiary/aromatic N) is 1. The number of hydrogen-bond donors (Lipinski definition) is 0. The summed E-state index contributed by atoms with van der Waals surface area (Å²) < 4.78 is 6.20. The van der Waals surface area contributed by atoms with Gasteiger partial charge in [-0.3, -0.25) is 0 Å². The molecular weight excluding hydrogens is 598 g/mol. The smallest absolute Gasteiger partial charge is 0.135 e. The fraction of sp³-hybridized carbons (Fsp3) is 0.0952. The van der Waals surface area contributed by atoms with E-state index >= 15 is 0 Å². The van der Waals surface area contributed by atoms with E-state index in [9.17, 15) is 0 Å². The molecule has 0 atom stereocenters. The molecule has 7 aromatic carbocycles. The van der Waals surface area contributed by atoms with Gasteiger partial charge in [0.1, 0.15) is 19.2 Å². The van der Waals surface area contributed by atoms with Crippen LogP contribution < -0.4 is 15.3 Å². The Labute approximate surface area is 274 Å². The van der Waals surface area contributed by atoms with Gasteiger partial charge in [0.25, 0.3) is 0 Å². The number of hydrogen-bond acceptors (Lipinski definition) is 2. The van der Waals surface area contributed by atoms with Crippen molar-refractivity contribution in [2.24, 2.45) is 0 Å². The molecule has 0 spiro atoms. The monoisotopic (exact) mass is 629 g/mol. The molecule has 222 valence electrons. The van der Waals surface area contributed by atoms with Crippen LogP contribution in [0.15, 0.2) is 138 Å². The highest BCUT2D eigenvalue weighted by atomic mass is 35.5. The lowest BCUT2D eigenvalue weighted by Gasteiger charge is -2.29. The SMILES string of the molecule is CC[Si]1(CC)c2ccc(N(c3ccccc3)c3ccc4oc5ccccc5c4c3)cc2-c2c1cc(Cl)c1cc3ccccc3cc21. The second-order valence-corrected chi connectivity index (χ2v) is 17.6. The Morgan fingerprint density at radius 2 is 1.20 bits per heavy atom. The van der Waals surface area contributed by atoms with Crippen LogP contribution in [0, 0.1) is 0 Å². The third-order valence-electron chi connectivity index (χ3n) is 10.4. The maximum Gasteiger partial charge on any atom is 0.135 e. The molecule has 1 aliphatic heterocycles. The van der Waals surface area contributed by atoms with Gasteiger partial charge in [0.2, 0.25) is 0 Å². The predicted octanol–water partition coefficient (Wildman–Crippen LogP) is 11.6. The Hall–Kier alpha value is -4.83. The second-order valence-electron chi connectivity index (χ2n) is 12.5. The molecule has 0 aliphatic carbocycles. The van der Waals surface area contributed by atoms with Crippen LogP contribution >= 0.6 is 11.6 Å². The fourth-order valence-corrected chi connectivity index (χ4v) is 13.0. The minimum atomic E-state index is -2.03.